The van der Waals surface area contributed by atoms with Crippen molar-refractivity contribution in [2.24, 2.45) is 5.73 Å². The molecule has 1 aromatic rings. The van der Waals surface area contributed by atoms with Crippen LogP contribution in [-0.2, 0) is 0 Å². The van der Waals surface area contributed by atoms with E-state index in [-0.39, 0.29) is 18.0 Å². The van der Waals surface area contributed by atoms with Gasteiger partial charge in [-0.15, -0.1) is 0 Å². The number of nitriles is 1. The maximum absolute atomic E-state index is 12.7. The largest absolute Gasteiger partial charge is 0.334 e. The maximum atomic E-state index is 12.7. The van der Waals surface area contributed by atoms with Crippen LogP contribution in [0.3, 0.4) is 0 Å². The first-order chi connectivity index (χ1) is 10.2. The predicted molar refractivity (Wildman–Crippen MR) is 80.5 cm³/mol. The van der Waals surface area contributed by atoms with Crippen molar-refractivity contribution >= 4 is 5.91 Å². The molecule has 2 N–H and O–H groups in total. The highest BCUT2D eigenvalue weighted by molar-refractivity contribution is 5.92. The van der Waals surface area contributed by atoms with Gasteiger partial charge in [0.15, 0.2) is 0 Å². The molecule has 0 saturated heterocycles. The molecule has 21 heavy (non-hydrogen) atoms. The highest BCUT2D eigenvalue weighted by Gasteiger charge is 2.28. The van der Waals surface area contributed by atoms with Crippen molar-refractivity contribution < 1.29 is 4.79 Å². The van der Waals surface area contributed by atoms with Crippen LogP contribution in [0.25, 0.3) is 0 Å². The number of carbonyl (C=O) groups excluding carboxylic acids is 1. The zero-order valence-corrected chi connectivity index (χ0v) is 12.5. The topological polar surface area (TPSA) is 83.0 Å². The van der Waals surface area contributed by atoms with E-state index in [9.17, 15) is 4.79 Å². The van der Waals surface area contributed by atoms with Gasteiger partial charge in [-0.25, -0.2) is 4.98 Å². The molecule has 0 atom stereocenters. The third-order valence-corrected chi connectivity index (χ3v) is 4.02. The van der Waals surface area contributed by atoms with Crippen LogP contribution in [0, 0.1) is 11.3 Å². The van der Waals surface area contributed by atoms with Gasteiger partial charge in [-0.2, -0.15) is 5.26 Å². The van der Waals surface area contributed by atoms with Gasteiger partial charge in [0.25, 0.3) is 5.91 Å². The Morgan fingerprint density at radius 1 is 1.43 bits per heavy atom. The summed E-state index contributed by atoms with van der Waals surface area (Å²) in [5.74, 6) is -0.0400. The van der Waals surface area contributed by atoms with Gasteiger partial charge in [-0.05, 0) is 44.2 Å². The monoisotopic (exact) mass is 286 g/mol. The summed E-state index contributed by atoms with van der Waals surface area (Å²) in [4.78, 5) is 18.7. The van der Waals surface area contributed by atoms with Gasteiger partial charge in [0, 0.05) is 24.8 Å². The van der Waals surface area contributed by atoms with E-state index in [0.717, 1.165) is 38.6 Å². The average Bonchev–Trinajstić information content (AvgIpc) is 2.53. The predicted octanol–water partition coefficient (Wildman–Crippen LogP) is 2.08. The summed E-state index contributed by atoms with van der Waals surface area (Å²) >= 11 is 0. The van der Waals surface area contributed by atoms with E-state index in [1.54, 1.807) is 12.1 Å². The number of nitrogens with zero attached hydrogens (tertiary/aromatic N) is 3. The van der Waals surface area contributed by atoms with E-state index in [1.165, 1.54) is 6.20 Å². The second kappa shape index (κ2) is 7.19. The van der Waals surface area contributed by atoms with Crippen molar-refractivity contribution in [2.75, 3.05) is 6.54 Å². The Hall–Kier alpha value is -1.93. The fourth-order valence-corrected chi connectivity index (χ4v) is 2.84. The minimum Gasteiger partial charge on any atom is -0.334 e. The van der Waals surface area contributed by atoms with Gasteiger partial charge in [0.2, 0.25) is 0 Å². The Balaban J connectivity index is 2.12. The highest BCUT2D eigenvalue weighted by atomic mass is 16.2. The lowest BCUT2D eigenvalue weighted by molar-refractivity contribution is 0.0620. The standard InChI is InChI=1S/C16H22N4O/c1-2-9-20(14-6-4-13(18)5-7-14)16(21)15-8-3-12(10-17)11-19-15/h3,8,11,13-14H,2,4-7,9,18H2,1H3. The quantitative estimate of drug-likeness (QED) is 0.918. The van der Waals surface area contributed by atoms with E-state index < -0.39 is 0 Å². The van der Waals surface area contributed by atoms with E-state index in [2.05, 4.69) is 11.9 Å². The van der Waals surface area contributed by atoms with Crippen molar-refractivity contribution in [3.63, 3.8) is 0 Å². The molecule has 0 unspecified atom stereocenters. The van der Waals surface area contributed by atoms with Crippen molar-refractivity contribution in [1.29, 1.82) is 5.26 Å². The van der Waals surface area contributed by atoms with Gasteiger partial charge in [0.1, 0.15) is 11.8 Å². The lowest BCUT2D eigenvalue weighted by atomic mass is 9.90. The molecule has 112 valence electrons. The summed E-state index contributed by atoms with van der Waals surface area (Å²) in [5.41, 5.74) is 6.83. The third kappa shape index (κ3) is 3.79. The summed E-state index contributed by atoms with van der Waals surface area (Å²) in [6.07, 6.45) is 6.24. The first-order valence-electron chi connectivity index (χ1n) is 7.58. The molecule has 1 heterocycles. The van der Waals surface area contributed by atoms with Crippen molar-refractivity contribution in [1.82, 2.24) is 9.88 Å². The number of pyridine rings is 1. The van der Waals surface area contributed by atoms with Crippen LogP contribution in [0.5, 0.6) is 0 Å². The molecule has 1 aliphatic carbocycles. The third-order valence-electron chi connectivity index (χ3n) is 4.02. The van der Waals surface area contributed by atoms with Crippen LogP contribution in [-0.4, -0.2) is 34.4 Å². The van der Waals surface area contributed by atoms with Crippen molar-refractivity contribution in [3.05, 3.63) is 29.6 Å². The smallest absolute Gasteiger partial charge is 0.272 e. The van der Waals surface area contributed by atoms with Crippen LogP contribution < -0.4 is 5.73 Å². The molecule has 0 aliphatic heterocycles. The molecular weight excluding hydrogens is 264 g/mol. The lowest BCUT2D eigenvalue weighted by Crippen LogP contribution is -2.44. The van der Waals surface area contributed by atoms with Crippen LogP contribution in [0.4, 0.5) is 0 Å². The highest BCUT2D eigenvalue weighted by Crippen LogP contribution is 2.23. The fraction of sp³-hybridized carbons (Fsp3) is 0.562. The van der Waals surface area contributed by atoms with Crippen LogP contribution in [0.15, 0.2) is 18.3 Å². The SMILES string of the molecule is CCCN(C(=O)c1ccc(C#N)cn1)C1CCC(N)CC1. The van der Waals surface area contributed by atoms with Gasteiger partial charge in [0.05, 0.1) is 5.56 Å². The first-order valence-corrected chi connectivity index (χ1v) is 7.58. The zero-order chi connectivity index (χ0) is 15.2. The van der Waals surface area contributed by atoms with Crippen molar-refractivity contribution in [3.8, 4) is 6.07 Å². The number of rotatable bonds is 4. The first kappa shape index (κ1) is 15.5. The Morgan fingerprint density at radius 3 is 2.67 bits per heavy atom. The molecule has 0 aromatic carbocycles. The molecule has 1 saturated carbocycles. The molecule has 1 aliphatic rings. The van der Waals surface area contributed by atoms with Crippen LogP contribution in [0.1, 0.15) is 55.1 Å². The van der Waals surface area contributed by atoms with Crippen LogP contribution >= 0.6 is 0 Å². The van der Waals surface area contributed by atoms with Gasteiger partial charge < -0.3 is 10.6 Å². The Labute approximate surface area is 125 Å². The minimum atomic E-state index is -0.0400. The summed E-state index contributed by atoms with van der Waals surface area (Å²) in [7, 11) is 0. The second-order valence-corrected chi connectivity index (χ2v) is 5.61. The van der Waals surface area contributed by atoms with Gasteiger partial charge in [-0.3, -0.25) is 4.79 Å². The van der Waals surface area contributed by atoms with E-state index in [4.69, 9.17) is 11.0 Å². The number of carbonyl (C=O) groups is 1. The molecule has 0 bridgehead atoms. The summed E-state index contributed by atoms with van der Waals surface area (Å²) < 4.78 is 0. The lowest BCUT2D eigenvalue weighted by Gasteiger charge is -2.35. The maximum Gasteiger partial charge on any atom is 0.272 e. The molecule has 5 nitrogen and oxygen atoms in total. The number of hydrogen-bond donors (Lipinski definition) is 1. The van der Waals surface area contributed by atoms with Crippen molar-refractivity contribution in [2.45, 2.75) is 51.1 Å². The molecule has 0 spiro atoms. The summed E-state index contributed by atoms with van der Waals surface area (Å²) in [5, 5.41) is 8.79. The molecule has 1 aromatic heterocycles. The fourth-order valence-electron chi connectivity index (χ4n) is 2.84. The number of amides is 1. The normalized spacial score (nSPS) is 21.6. The van der Waals surface area contributed by atoms with Crippen LogP contribution in [0.2, 0.25) is 0 Å². The Morgan fingerprint density at radius 2 is 2.14 bits per heavy atom. The zero-order valence-electron chi connectivity index (χ0n) is 12.5. The number of aromatic nitrogens is 1. The second-order valence-electron chi connectivity index (χ2n) is 5.61. The number of hydrogen-bond acceptors (Lipinski definition) is 4. The molecule has 1 amide bonds. The molecule has 1 fully saturated rings. The molecular formula is C16H22N4O. The summed E-state index contributed by atoms with van der Waals surface area (Å²) in [6, 6.07) is 5.82. The average molecular weight is 286 g/mol. The van der Waals surface area contributed by atoms with Gasteiger partial charge in [-0.1, -0.05) is 6.92 Å². The van der Waals surface area contributed by atoms with E-state index >= 15 is 0 Å². The van der Waals surface area contributed by atoms with Gasteiger partial charge >= 0.3 is 0 Å². The number of nitrogens with two attached hydrogens (primary N) is 1. The molecule has 2 rings (SSSR count). The minimum absolute atomic E-state index is 0.0400. The Kier molecular flexibility index (Phi) is 5.29. The molecule has 5 heteroatoms. The summed E-state index contributed by atoms with van der Waals surface area (Å²) in [6.45, 7) is 2.81. The van der Waals surface area contributed by atoms with E-state index in [0.29, 0.717) is 11.3 Å². The molecule has 0 radical (unpaired) electrons. The Bertz CT molecular complexity index is 512. The van der Waals surface area contributed by atoms with E-state index in [1.807, 2.05) is 11.0 Å².